The van der Waals surface area contributed by atoms with Gasteiger partial charge in [0, 0.05) is 11.6 Å². The van der Waals surface area contributed by atoms with Gasteiger partial charge in [0.1, 0.15) is 6.10 Å². The third-order valence-electron chi connectivity index (χ3n) is 3.48. The van der Waals surface area contributed by atoms with Crippen LogP contribution in [0.3, 0.4) is 0 Å². The molecule has 2 aromatic rings. The largest absolute Gasteiger partial charge is 0.376 e. The number of halogens is 1. The molecule has 2 heterocycles. The Hall–Kier alpha value is -1.43. The predicted octanol–water partition coefficient (Wildman–Crippen LogP) is 2.03. The molecule has 3 rings (SSSR count). The monoisotopic (exact) mass is 294 g/mol. The van der Waals surface area contributed by atoms with Crippen molar-refractivity contribution >= 4 is 22.5 Å². The zero-order valence-electron chi connectivity index (χ0n) is 11.1. The van der Waals surface area contributed by atoms with Crippen LogP contribution in [0.5, 0.6) is 0 Å². The highest BCUT2D eigenvalue weighted by Gasteiger charge is 2.31. The first kappa shape index (κ1) is 13.5. The van der Waals surface area contributed by atoms with Crippen LogP contribution in [0.15, 0.2) is 29.3 Å². The van der Waals surface area contributed by atoms with E-state index in [-0.39, 0.29) is 17.7 Å². The lowest BCUT2D eigenvalue weighted by molar-refractivity contribution is 0.0356. The number of aromatic nitrogens is 2. The molecule has 1 aromatic heterocycles. The molecule has 2 atom stereocenters. The topological polar surface area (TPSA) is 53.4 Å². The Kier molecular flexibility index (Phi) is 3.74. The summed E-state index contributed by atoms with van der Waals surface area (Å²) >= 11 is 5.91. The average molecular weight is 295 g/mol. The lowest BCUT2D eigenvalue weighted by atomic mass is 10.2. The van der Waals surface area contributed by atoms with Crippen molar-refractivity contribution in [2.75, 3.05) is 19.8 Å². The second kappa shape index (κ2) is 5.52. The zero-order chi connectivity index (χ0) is 14.1. The number of nitrogens with zero attached hydrogens (tertiary/aromatic N) is 2. The van der Waals surface area contributed by atoms with E-state index in [2.05, 4.69) is 4.98 Å². The summed E-state index contributed by atoms with van der Waals surface area (Å²) in [4.78, 5) is 16.9. The van der Waals surface area contributed by atoms with E-state index in [1.165, 1.54) is 0 Å². The van der Waals surface area contributed by atoms with Gasteiger partial charge in [0.05, 0.1) is 36.5 Å². The van der Waals surface area contributed by atoms with E-state index in [1.807, 2.05) is 6.92 Å². The summed E-state index contributed by atoms with van der Waals surface area (Å²) in [6.45, 7) is 3.49. The highest BCUT2D eigenvalue weighted by molar-refractivity contribution is 6.31. The maximum atomic E-state index is 12.5. The summed E-state index contributed by atoms with van der Waals surface area (Å²) in [6.07, 6.45) is 1.44. The molecule has 0 bridgehead atoms. The van der Waals surface area contributed by atoms with E-state index in [4.69, 9.17) is 21.1 Å². The Morgan fingerprint density at radius 2 is 2.35 bits per heavy atom. The van der Waals surface area contributed by atoms with Crippen LogP contribution in [-0.2, 0) is 9.47 Å². The standard InChI is InChI=1S/C14H15ClN2O3/c1-2-20-13-7-19-6-12(13)17-8-16-11-5-9(15)3-4-10(11)14(17)18/h3-5,8,12-13H,2,6-7H2,1H3/t12-,13-/m0/s1. The van der Waals surface area contributed by atoms with Gasteiger partial charge in [-0.1, -0.05) is 11.6 Å². The molecular formula is C14H15ClN2O3. The van der Waals surface area contributed by atoms with Gasteiger partial charge in [-0.3, -0.25) is 9.36 Å². The molecule has 6 heteroatoms. The van der Waals surface area contributed by atoms with E-state index in [0.29, 0.717) is 35.7 Å². The molecule has 106 valence electrons. The van der Waals surface area contributed by atoms with Gasteiger partial charge in [-0.25, -0.2) is 4.98 Å². The molecular weight excluding hydrogens is 280 g/mol. The molecule has 1 aliphatic heterocycles. The van der Waals surface area contributed by atoms with Gasteiger partial charge in [0.2, 0.25) is 0 Å². The van der Waals surface area contributed by atoms with E-state index >= 15 is 0 Å². The SMILES string of the molecule is CCO[C@H]1COC[C@@H]1n1cnc2cc(Cl)ccc2c1=O. The van der Waals surface area contributed by atoms with Crippen LogP contribution in [-0.4, -0.2) is 35.5 Å². The minimum absolute atomic E-state index is 0.0909. The Bertz CT molecular complexity index is 686. The number of rotatable bonds is 3. The molecule has 5 nitrogen and oxygen atoms in total. The van der Waals surface area contributed by atoms with Crippen LogP contribution < -0.4 is 5.56 Å². The first-order valence-corrected chi connectivity index (χ1v) is 6.94. The molecule has 0 amide bonds. The number of fused-ring (bicyclic) bond motifs is 1. The highest BCUT2D eigenvalue weighted by atomic mass is 35.5. The molecule has 20 heavy (non-hydrogen) atoms. The van der Waals surface area contributed by atoms with Crippen LogP contribution in [0.25, 0.3) is 10.9 Å². The molecule has 0 aliphatic carbocycles. The molecule has 0 unspecified atom stereocenters. The number of hydrogen-bond donors (Lipinski definition) is 0. The van der Waals surface area contributed by atoms with Gasteiger partial charge in [0.25, 0.3) is 5.56 Å². The Morgan fingerprint density at radius 3 is 3.15 bits per heavy atom. The summed E-state index contributed by atoms with van der Waals surface area (Å²) in [7, 11) is 0. The van der Waals surface area contributed by atoms with Gasteiger partial charge < -0.3 is 9.47 Å². The minimum Gasteiger partial charge on any atom is -0.376 e. The fourth-order valence-electron chi connectivity index (χ4n) is 2.50. The molecule has 1 fully saturated rings. The van der Waals surface area contributed by atoms with Gasteiger partial charge in [-0.2, -0.15) is 0 Å². The fourth-order valence-corrected chi connectivity index (χ4v) is 2.67. The Morgan fingerprint density at radius 1 is 1.50 bits per heavy atom. The van der Waals surface area contributed by atoms with Crippen molar-refractivity contribution in [3.05, 3.63) is 39.9 Å². The lowest BCUT2D eigenvalue weighted by Gasteiger charge is -2.19. The Balaban J connectivity index is 2.06. The average Bonchev–Trinajstić information content (AvgIpc) is 2.87. The quantitative estimate of drug-likeness (QED) is 0.869. The lowest BCUT2D eigenvalue weighted by Crippen LogP contribution is -2.33. The molecule has 1 aromatic carbocycles. The van der Waals surface area contributed by atoms with Crippen LogP contribution >= 0.6 is 11.6 Å². The van der Waals surface area contributed by atoms with Crippen LogP contribution in [0.4, 0.5) is 0 Å². The van der Waals surface area contributed by atoms with E-state index in [0.717, 1.165) is 0 Å². The van der Waals surface area contributed by atoms with Crippen LogP contribution in [0, 0.1) is 0 Å². The molecule has 0 saturated carbocycles. The minimum atomic E-state index is -0.130. The summed E-state index contributed by atoms with van der Waals surface area (Å²) < 4.78 is 12.7. The van der Waals surface area contributed by atoms with Crippen molar-refractivity contribution in [2.24, 2.45) is 0 Å². The first-order valence-electron chi connectivity index (χ1n) is 6.56. The third kappa shape index (κ3) is 2.32. The predicted molar refractivity (Wildman–Crippen MR) is 76.3 cm³/mol. The first-order chi connectivity index (χ1) is 9.70. The smallest absolute Gasteiger partial charge is 0.261 e. The summed E-state index contributed by atoms with van der Waals surface area (Å²) in [5.41, 5.74) is 0.512. The number of hydrogen-bond acceptors (Lipinski definition) is 4. The molecule has 0 radical (unpaired) electrons. The van der Waals surface area contributed by atoms with Crippen molar-refractivity contribution < 1.29 is 9.47 Å². The van der Waals surface area contributed by atoms with Crippen LogP contribution in [0.1, 0.15) is 13.0 Å². The van der Waals surface area contributed by atoms with Crippen molar-refractivity contribution in [1.82, 2.24) is 9.55 Å². The van der Waals surface area contributed by atoms with Crippen molar-refractivity contribution in [2.45, 2.75) is 19.1 Å². The molecule has 1 aliphatic rings. The zero-order valence-corrected chi connectivity index (χ0v) is 11.8. The van der Waals surface area contributed by atoms with Gasteiger partial charge in [-0.15, -0.1) is 0 Å². The van der Waals surface area contributed by atoms with Gasteiger partial charge >= 0.3 is 0 Å². The van der Waals surface area contributed by atoms with Crippen molar-refractivity contribution in [3.8, 4) is 0 Å². The summed E-state index contributed by atoms with van der Waals surface area (Å²) in [5.74, 6) is 0. The second-order valence-corrected chi connectivity index (χ2v) is 5.15. The summed E-state index contributed by atoms with van der Waals surface area (Å²) in [5, 5.41) is 1.12. The summed E-state index contributed by atoms with van der Waals surface area (Å²) in [6, 6.07) is 4.96. The fraction of sp³-hybridized carbons (Fsp3) is 0.429. The van der Waals surface area contributed by atoms with Gasteiger partial charge in [0.15, 0.2) is 0 Å². The normalized spacial score (nSPS) is 22.5. The maximum absolute atomic E-state index is 12.5. The van der Waals surface area contributed by atoms with Crippen molar-refractivity contribution in [1.29, 1.82) is 0 Å². The highest BCUT2D eigenvalue weighted by Crippen LogP contribution is 2.22. The number of ether oxygens (including phenoxy) is 2. The maximum Gasteiger partial charge on any atom is 0.261 e. The second-order valence-electron chi connectivity index (χ2n) is 4.72. The number of benzene rings is 1. The Labute approximate surface area is 121 Å². The van der Waals surface area contributed by atoms with Gasteiger partial charge in [-0.05, 0) is 25.1 Å². The van der Waals surface area contributed by atoms with E-state index < -0.39 is 0 Å². The van der Waals surface area contributed by atoms with E-state index in [9.17, 15) is 4.79 Å². The van der Waals surface area contributed by atoms with Crippen LogP contribution in [0.2, 0.25) is 5.02 Å². The van der Waals surface area contributed by atoms with Crippen molar-refractivity contribution in [3.63, 3.8) is 0 Å². The molecule has 1 saturated heterocycles. The third-order valence-corrected chi connectivity index (χ3v) is 3.72. The molecule has 0 spiro atoms. The molecule has 0 N–H and O–H groups in total. The van der Waals surface area contributed by atoms with E-state index in [1.54, 1.807) is 29.1 Å².